The molecule has 76 valence electrons. The number of hydrogen-bond acceptors (Lipinski definition) is 4. The highest BCUT2D eigenvalue weighted by molar-refractivity contribution is 7.17. The van der Waals surface area contributed by atoms with E-state index in [1.54, 1.807) is 19.2 Å². The molecule has 0 atom stereocenters. The highest BCUT2D eigenvalue weighted by atomic mass is 32.1. The number of thiophene rings is 1. The Morgan fingerprint density at radius 2 is 2.20 bits per heavy atom. The Morgan fingerprint density at radius 3 is 2.87 bits per heavy atom. The summed E-state index contributed by atoms with van der Waals surface area (Å²) in [6.45, 7) is 0. The molecule has 2 aromatic rings. The molecule has 0 spiro atoms. The molecule has 0 aromatic carbocycles. The third-order valence-electron chi connectivity index (χ3n) is 1.93. The van der Waals surface area contributed by atoms with Crippen LogP contribution in [0.2, 0.25) is 0 Å². The first-order valence-corrected chi connectivity index (χ1v) is 5.21. The summed E-state index contributed by atoms with van der Waals surface area (Å²) in [4.78, 5) is 16.5. The molecule has 0 amide bonds. The normalized spacial score (nSPS) is 9.93. The van der Waals surface area contributed by atoms with Crippen molar-refractivity contribution >= 4 is 17.6 Å². The highest BCUT2D eigenvalue weighted by Gasteiger charge is 2.04. The Balaban J connectivity index is 2.39. The molecule has 0 aliphatic heterocycles. The van der Waals surface area contributed by atoms with Crippen LogP contribution in [0.5, 0.6) is 5.88 Å². The van der Waals surface area contributed by atoms with Gasteiger partial charge in [0.25, 0.3) is 0 Å². The average molecular weight is 219 g/mol. The molecule has 3 nitrogen and oxygen atoms in total. The molecule has 0 aliphatic rings. The maximum Gasteiger partial charge on any atom is 0.213 e. The van der Waals surface area contributed by atoms with Gasteiger partial charge in [-0.05, 0) is 18.2 Å². The zero-order valence-electron chi connectivity index (χ0n) is 8.14. The number of carbonyl (C=O) groups is 1. The zero-order chi connectivity index (χ0) is 10.7. The van der Waals surface area contributed by atoms with Crippen molar-refractivity contribution in [3.05, 3.63) is 35.2 Å². The number of aldehydes is 1. The molecule has 0 N–H and O–H groups in total. The largest absolute Gasteiger partial charge is 0.481 e. The van der Waals surface area contributed by atoms with Crippen LogP contribution in [0.25, 0.3) is 10.6 Å². The van der Waals surface area contributed by atoms with Crippen molar-refractivity contribution < 1.29 is 9.53 Å². The van der Waals surface area contributed by atoms with E-state index in [9.17, 15) is 4.79 Å². The molecule has 15 heavy (non-hydrogen) atoms. The number of hydrogen-bond donors (Lipinski definition) is 0. The zero-order valence-corrected chi connectivity index (χ0v) is 8.95. The van der Waals surface area contributed by atoms with Gasteiger partial charge in [-0.3, -0.25) is 4.79 Å². The monoisotopic (exact) mass is 219 g/mol. The molecule has 0 saturated heterocycles. The number of ether oxygens (including phenoxy) is 1. The first-order chi connectivity index (χ1) is 7.33. The summed E-state index contributed by atoms with van der Waals surface area (Å²) < 4.78 is 5.03. The molecule has 0 bridgehead atoms. The second-order valence-electron chi connectivity index (χ2n) is 2.89. The summed E-state index contributed by atoms with van der Waals surface area (Å²) in [5.41, 5.74) is 0.826. The molecule has 2 aromatic heterocycles. The number of pyridine rings is 1. The third-order valence-corrected chi connectivity index (χ3v) is 2.96. The summed E-state index contributed by atoms with van der Waals surface area (Å²) in [6.07, 6.45) is 0.842. The number of rotatable bonds is 3. The first-order valence-electron chi connectivity index (χ1n) is 4.40. The fraction of sp³-hybridized carbons (Fsp3) is 0.0909. The van der Waals surface area contributed by atoms with Crippen molar-refractivity contribution in [1.29, 1.82) is 0 Å². The second-order valence-corrected chi connectivity index (χ2v) is 4.00. The van der Waals surface area contributed by atoms with E-state index in [1.165, 1.54) is 11.3 Å². The fourth-order valence-corrected chi connectivity index (χ4v) is 2.01. The van der Waals surface area contributed by atoms with Crippen LogP contribution in [0.1, 0.15) is 9.67 Å². The molecule has 0 unspecified atom stereocenters. The van der Waals surface area contributed by atoms with Gasteiger partial charge in [-0.15, -0.1) is 11.3 Å². The van der Waals surface area contributed by atoms with Crippen LogP contribution in [0.3, 0.4) is 0 Å². The Labute approximate surface area is 91.4 Å². The topological polar surface area (TPSA) is 39.2 Å². The van der Waals surface area contributed by atoms with Crippen molar-refractivity contribution in [2.45, 2.75) is 0 Å². The van der Waals surface area contributed by atoms with Gasteiger partial charge in [0.15, 0.2) is 6.29 Å². The first kappa shape index (κ1) is 9.86. The smallest absolute Gasteiger partial charge is 0.213 e. The predicted molar refractivity (Wildman–Crippen MR) is 59.5 cm³/mol. The number of methoxy groups -OCH3 is 1. The van der Waals surface area contributed by atoms with Crippen LogP contribution in [0, 0.1) is 0 Å². The fourth-order valence-electron chi connectivity index (χ4n) is 1.22. The van der Waals surface area contributed by atoms with Gasteiger partial charge < -0.3 is 4.74 Å². The maximum absolute atomic E-state index is 10.5. The lowest BCUT2D eigenvalue weighted by Gasteiger charge is -2.00. The Hall–Kier alpha value is -1.68. The van der Waals surface area contributed by atoms with Crippen LogP contribution in [0.15, 0.2) is 30.3 Å². The van der Waals surface area contributed by atoms with Crippen molar-refractivity contribution in [1.82, 2.24) is 4.98 Å². The van der Waals surface area contributed by atoms with Crippen molar-refractivity contribution in [3.63, 3.8) is 0 Å². The Kier molecular flexibility index (Phi) is 2.78. The van der Waals surface area contributed by atoms with Crippen LogP contribution < -0.4 is 4.74 Å². The molecule has 0 saturated carbocycles. The number of nitrogens with zero attached hydrogens (tertiary/aromatic N) is 1. The van der Waals surface area contributed by atoms with E-state index < -0.39 is 0 Å². The number of carbonyl (C=O) groups excluding carboxylic acids is 1. The summed E-state index contributed by atoms with van der Waals surface area (Å²) in [6, 6.07) is 9.23. The van der Waals surface area contributed by atoms with Gasteiger partial charge in [0.05, 0.1) is 22.6 Å². The Bertz CT molecular complexity index is 479. The Morgan fingerprint density at radius 1 is 1.33 bits per heavy atom. The van der Waals surface area contributed by atoms with Crippen LogP contribution >= 0.6 is 11.3 Å². The van der Waals surface area contributed by atoms with Gasteiger partial charge in [-0.25, -0.2) is 4.98 Å². The van der Waals surface area contributed by atoms with E-state index >= 15 is 0 Å². The quantitative estimate of drug-likeness (QED) is 0.745. The standard InChI is InChI=1S/C11H9NO2S/c1-14-11-4-2-3-9(12-11)10-6-5-8(7-13)15-10/h2-7H,1H3. The van der Waals surface area contributed by atoms with E-state index in [4.69, 9.17) is 4.74 Å². The van der Waals surface area contributed by atoms with Crippen molar-refractivity contribution in [2.24, 2.45) is 0 Å². The lowest BCUT2D eigenvalue weighted by molar-refractivity contribution is 0.112. The molecule has 0 fully saturated rings. The minimum Gasteiger partial charge on any atom is -0.481 e. The van der Waals surface area contributed by atoms with E-state index in [0.717, 1.165) is 16.9 Å². The second kappa shape index (κ2) is 4.23. The lowest BCUT2D eigenvalue weighted by atomic mass is 10.3. The minimum absolute atomic E-state index is 0.577. The van der Waals surface area contributed by atoms with Crippen LogP contribution in [-0.2, 0) is 0 Å². The van der Waals surface area contributed by atoms with Gasteiger partial charge in [0.1, 0.15) is 0 Å². The molecule has 2 heterocycles. The SMILES string of the molecule is COc1cccc(-c2ccc(C=O)s2)n1. The van der Waals surface area contributed by atoms with Crippen molar-refractivity contribution in [3.8, 4) is 16.5 Å². The summed E-state index contributed by atoms with van der Waals surface area (Å²) in [5.74, 6) is 0.577. The van der Waals surface area contributed by atoms with E-state index in [-0.39, 0.29) is 0 Å². The van der Waals surface area contributed by atoms with E-state index in [1.807, 2.05) is 18.2 Å². The van der Waals surface area contributed by atoms with E-state index in [0.29, 0.717) is 10.8 Å². The third kappa shape index (κ3) is 2.05. The van der Waals surface area contributed by atoms with Gasteiger partial charge in [-0.1, -0.05) is 6.07 Å². The average Bonchev–Trinajstić information content (AvgIpc) is 2.78. The number of aromatic nitrogens is 1. The van der Waals surface area contributed by atoms with Gasteiger partial charge in [-0.2, -0.15) is 0 Å². The van der Waals surface area contributed by atoms with Crippen molar-refractivity contribution in [2.75, 3.05) is 7.11 Å². The summed E-state index contributed by atoms with van der Waals surface area (Å²) in [5, 5.41) is 0. The van der Waals surface area contributed by atoms with Crippen LogP contribution in [0.4, 0.5) is 0 Å². The molecule has 4 heteroatoms. The summed E-state index contributed by atoms with van der Waals surface area (Å²) in [7, 11) is 1.58. The minimum atomic E-state index is 0.577. The van der Waals surface area contributed by atoms with Gasteiger partial charge in [0.2, 0.25) is 5.88 Å². The van der Waals surface area contributed by atoms with Crippen LogP contribution in [-0.4, -0.2) is 18.4 Å². The summed E-state index contributed by atoms with van der Waals surface area (Å²) >= 11 is 1.42. The maximum atomic E-state index is 10.5. The van der Waals surface area contributed by atoms with Gasteiger partial charge in [0, 0.05) is 6.07 Å². The molecular formula is C11H9NO2S. The highest BCUT2D eigenvalue weighted by Crippen LogP contribution is 2.26. The molecule has 0 aliphatic carbocycles. The molecule has 0 radical (unpaired) electrons. The van der Waals surface area contributed by atoms with Gasteiger partial charge >= 0.3 is 0 Å². The molecule has 2 rings (SSSR count). The molecular weight excluding hydrogens is 210 g/mol. The predicted octanol–water partition coefficient (Wildman–Crippen LogP) is 2.63. The van der Waals surface area contributed by atoms with E-state index in [2.05, 4.69) is 4.98 Å². The lowest BCUT2D eigenvalue weighted by Crippen LogP contribution is -1.87.